The van der Waals surface area contributed by atoms with Gasteiger partial charge in [-0.2, -0.15) is 0 Å². The van der Waals surface area contributed by atoms with Crippen LogP contribution in [-0.2, 0) is 19.1 Å². The molecular formula is C21H23BrN2O6S. The van der Waals surface area contributed by atoms with Crippen LogP contribution < -0.4 is 4.74 Å². The Balaban J connectivity index is 1.64. The highest BCUT2D eigenvalue weighted by atomic mass is 79.9. The highest BCUT2D eigenvalue weighted by Crippen LogP contribution is 2.34. The molecule has 1 aromatic rings. The summed E-state index contributed by atoms with van der Waals surface area (Å²) in [5.41, 5.74) is 0.670. The number of piperidine rings is 1. The molecule has 2 heterocycles. The first-order chi connectivity index (χ1) is 14.9. The summed E-state index contributed by atoms with van der Waals surface area (Å²) in [7, 11) is 0. The molecule has 10 heteroatoms. The first-order valence-corrected chi connectivity index (χ1v) is 11.6. The van der Waals surface area contributed by atoms with E-state index in [1.807, 2.05) is 0 Å². The molecule has 0 aromatic heterocycles. The number of hydrogen-bond donors (Lipinski definition) is 0. The van der Waals surface area contributed by atoms with Gasteiger partial charge < -0.3 is 14.4 Å². The molecule has 2 saturated heterocycles. The molecule has 2 fully saturated rings. The predicted octanol–water partition coefficient (Wildman–Crippen LogP) is 3.44. The smallest absolute Gasteiger partial charge is 0.344 e. The van der Waals surface area contributed by atoms with E-state index < -0.39 is 17.1 Å². The van der Waals surface area contributed by atoms with Crippen molar-refractivity contribution in [1.82, 2.24) is 9.80 Å². The fourth-order valence-corrected chi connectivity index (χ4v) is 4.58. The van der Waals surface area contributed by atoms with Crippen molar-refractivity contribution in [3.05, 3.63) is 33.1 Å². The number of esters is 1. The Morgan fingerprint density at radius 2 is 1.94 bits per heavy atom. The van der Waals surface area contributed by atoms with Gasteiger partial charge in [0.1, 0.15) is 12.3 Å². The number of ether oxygens (including phenoxy) is 2. The van der Waals surface area contributed by atoms with E-state index in [0.717, 1.165) is 35.9 Å². The number of thioether (sulfide) groups is 1. The summed E-state index contributed by atoms with van der Waals surface area (Å²) in [4.78, 5) is 51.8. The van der Waals surface area contributed by atoms with Crippen LogP contribution in [0.3, 0.4) is 0 Å². The highest BCUT2D eigenvalue weighted by molar-refractivity contribution is 9.10. The van der Waals surface area contributed by atoms with Crippen LogP contribution in [0, 0.1) is 0 Å². The van der Waals surface area contributed by atoms with Crippen LogP contribution in [0.4, 0.5) is 4.79 Å². The van der Waals surface area contributed by atoms with Crippen LogP contribution in [0.5, 0.6) is 5.75 Å². The fourth-order valence-electron chi connectivity index (χ4n) is 3.23. The average Bonchev–Trinajstić information content (AvgIpc) is 3.01. The van der Waals surface area contributed by atoms with Gasteiger partial charge in [0.15, 0.2) is 6.61 Å². The summed E-state index contributed by atoms with van der Waals surface area (Å²) in [5.74, 6) is -0.690. The first-order valence-electron chi connectivity index (χ1n) is 10.00. The minimum Gasteiger partial charge on any atom is -0.481 e. The summed E-state index contributed by atoms with van der Waals surface area (Å²) < 4.78 is 10.8. The van der Waals surface area contributed by atoms with Gasteiger partial charge in [0.05, 0.1) is 16.0 Å². The van der Waals surface area contributed by atoms with E-state index in [2.05, 4.69) is 15.9 Å². The molecule has 0 bridgehead atoms. The Hall–Kier alpha value is -2.33. The summed E-state index contributed by atoms with van der Waals surface area (Å²) in [6.45, 7) is 2.89. The maximum Gasteiger partial charge on any atom is 0.344 e. The number of halogens is 1. The van der Waals surface area contributed by atoms with E-state index in [0.29, 0.717) is 28.9 Å². The van der Waals surface area contributed by atoms with Gasteiger partial charge in [0, 0.05) is 13.1 Å². The van der Waals surface area contributed by atoms with Crippen LogP contribution in [0.25, 0.3) is 6.08 Å². The molecule has 0 N–H and O–H groups in total. The van der Waals surface area contributed by atoms with Gasteiger partial charge in [-0.05, 0) is 77.7 Å². The number of nitrogens with zero attached hydrogens (tertiary/aromatic N) is 2. The van der Waals surface area contributed by atoms with E-state index in [1.54, 1.807) is 36.1 Å². The molecule has 3 rings (SSSR count). The van der Waals surface area contributed by atoms with E-state index in [9.17, 15) is 19.2 Å². The van der Waals surface area contributed by atoms with E-state index >= 15 is 0 Å². The van der Waals surface area contributed by atoms with Crippen LogP contribution in [0.1, 0.15) is 31.7 Å². The molecule has 2 aliphatic rings. The third kappa shape index (κ3) is 6.10. The Bertz CT molecular complexity index is 913. The average molecular weight is 511 g/mol. The predicted molar refractivity (Wildman–Crippen MR) is 119 cm³/mol. The van der Waals surface area contributed by atoms with Gasteiger partial charge in [-0.1, -0.05) is 6.07 Å². The molecular weight excluding hydrogens is 488 g/mol. The van der Waals surface area contributed by atoms with Crippen LogP contribution in [0.15, 0.2) is 27.6 Å². The number of hydrogen-bond acceptors (Lipinski definition) is 7. The second-order valence-corrected chi connectivity index (χ2v) is 8.84. The number of carbonyl (C=O) groups is 4. The molecule has 31 heavy (non-hydrogen) atoms. The van der Waals surface area contributed by atoms with Crippen molar-refractivity contribution in [1.29, 1.82) is 0 Å². The minimum absolute atomic E-state index is 0.200. The number of carbonyl (C=O) groups excluding carboxylic acids is 4. The minimum atomic E-state index is -0.473. The third-order valence-electron chi connectivity index (χ3n) is 4.78. The Morgan fingerprint density at radius 1 is 1.19 bits per heavy atom. The zero-order valence-electron chi connectivity index (χ0n) is 17.1. The molecule has 8 nitrogen and oxygen atoms in total. The van der Waals surface area contributed by atoms with Crippen molar-refractivity contribution in [3.63, 3.8) is 0 Å². The van der Waals surface area contributed by atoms with Crippen molar-refractivity contribution in [2.75, 3.05) is 32.8 Å². The zero-order valence-corrected chi connectivity index (χ0v) is 19.5. The van der Waals surface area contributed by atoms with Crippen molar-refractivity contribution in [3.8, 4) is 5.75 Å². The van der Waals surface area contributed by atoms with Crippen molar-refractivity contribution in [2.24, 2.45) is 0 Å². The van der Waals surface area contributed by atoms with Crippen LogP contribution >= 0.6 is 27.7 Å². The second-order valence-electron chi connectivity index (χ2n) is 6.99. The van der Waals surface area contributed by atoms with Crippen LogP contribution in [-0.4, -0.2) is 65.7 Å². The quantitative estimate of drug-likeness (QED) is 0.409. The van der Waals surface area contributed by atoms with Crippen molar-refractivity contribution in [2.45, 2.75) is 26.2 Å². The van der Waals surface area contributed by atoms with Gasteiger partial charge >= 0.3 is 5.97 Å². The van der Waals surface area contributed by atoms with Gasteiger partial charge in [0.25, 0.3) is 11.1 Å². The lowest BCUT2D eigenvalue weighted by atomic mass is 10.1. The number of imide groups is 1. The SMILES string of the molecule is CCOC(=O)COc1ccc(/C=C2\SC(=O)N(CC(=O)N3CCCCC3)C2=O)cc1Br. The molecule has 0 unspecified atom stereocenters. The second kappa shape index (κ2) is 10.8. The topological polar surface area (TPSA) is 93.2 Å². The molecule has 1 aromatic carbocycles. The summed E-state index contributed by atoms with van der Waals surface area (Å²) in [5, 5.41) is -0.449. The molecule has 166 valence electrons. The molecule has 3 amide bonds. The normalized spacial score (nSPS) is 17.9. The number of likely N-dealkylation sites (tertiary alicyclic amines) is 1. The van der Waals surface area contributed by atoms with E-state index in [1.165, 1.54) is 0 Å². The summed E-state index contributed by atoms with van der Waals surface area (Å²) >= 11 is 4.19. The lowest BCUT2D eigenvalue weighted by Gasteiger charge is -2.27. The summed E-state index contributed by atoms with van der Waals surface area (Å²) in [6.07, 6.45) is 4.58. The largest absolute Gasteiger partial charge is 0.481 e. The highest BCUT2D eigenvalue weighted by Gasteiger charge is 2.37. The van der Waals surface area contributed by atoms with Gasteiger partial charge in [-0.25, -0.2) is 4.79 Å². The zero-order chi connectivity index (χ0) is 22.4. The number of amides is 3. The Kier molecular flexibility index (Phi) is 8.14. The Morgan fingerprint density at radius 3 is 2.61 bits per heavy atom. The van der Waals surface area contributed by atoms with Crippen molar-refractivity contribution < 1.29 is 28.7 Å². The summed E-state index contributed by atoms with van der Waals surface area (Å²) in [6, 6.07) is 5.07. The third-order valence-corrected chi connectivity index (χ3v) is 6.31. The lowest BCUT2D eigenvalue weighted by molar-refractivity contribution is -0.145. The monoisotopic (exact) mass is 510 g/mol. The van der Waals surface area contributed by atoms with E-state index in [4.69, 9.17) is 9.47 Å². The maximum absolute atomic E-state index is 12.7. The van der Waals surface area contributed by atoms with Gasteiger partial charge in [-0.15, -0.1) is 0 Å². The van der Waals surface area contributed by atoms with E-state index in [-0.39, 0.29) is 30.6 Å². The van der Waals surface area contributed by atoms with Crippen LogP contribution in [0.2, 0.25) is 0 Å². The maximum atomic E-state index is 12.7. The molecule has 0 aliphatic carbocycles. The Labute approximate surface area is 193 Å². The first kappa shape index (κ1) is 23.3. The standard InChI is InChI=1S/C21H23BrN2O6S/c1-2-29-19(26)13-30-16-7-6-14(10-15(16)22)11-17-20(27)24(21(28)31-17)12-18(25)23-8-4-3-5-9-23/h6-7,10-11H,2-5,8-9,12-13H2,1H3/b17-11-. The van der Waals surface area contributed by atoms with Gasteiger partial charge in [0.2, 0.25) is 5.91 Å². The molecule has 0 radical (unpaired) electrons. The van der Waals surface area contributed by atoms with Gasteiger partial charge in [-0.3, -0.25) is 19.3 Å². The molecule has 0 atom stereocenters. The van der Waals surface area contributed by atoms with Crippen molar-refractivity contribution >= 4 is 56.8 Å². The number of rotatable bonds is 7. The molecule has 0 saturated carbocycles. The lowest BCUT2D eigenvalue weighted by Crippen LogP contribution is -2.44. The molecule has 0 spiro atoms. The number of benzene rings is 1. The fraction of sp³-hybridized carbons (Fsp3) is 0.429. The molecule has 2 aliphatic heterocycles.